The van der Waals surface area contributed by atoms with Gasteiger partial charge < -0.3 is 55.3 Å². The SMILES string of the molecule is COC[C@@H](F)CN(CCCCc1ccc2c(n1)CCCC2)CC[C@H](Cc1cnc(-c2ccccc2)cn1)C(=O)O.COC[C@@H](F)CN(CCCCc1ccc2c(n1)CCCC2)CC[C@H](N)C(=O)O.COC[C@@H](F)CN(CCCCc1ccc2c(n1)CCCC2)CC[C@H](Nc1cnc(-c2ccccc2)cn1)C(=O)O.Clc1cnc(-c2ccccc2)cn1. The Kier molecular flexibility index (Phi) is 41.9. The van der Waals surface area contributed by atoms with Gasteiger partial charge in [0.05, 0.1) is 79.5 Å². The molecular formula is C94H122ClF3N14O9. The standard InChI is InChI=1S/C32H41FN4O3.C31H40FN5O3.C21H34FN3O3.C10H7ClN2/c1-40-23-27(33)22-37(17-8-7-12-28-15-14-25-11-5-6-13-30(25)36-28)18-16-26(32(38)39)19-29-20-35-31(21-34-29)24-9-3-2-4-10-24;1-40-22-25(32)21-37(17-8-7-12-26-15-14-24-11-5-6-13-27(24)35-26)18-16-28(31(38)39)36-30-20-33-29(19-34-30)23-9-3-2-4-10-23;1-28-15-17(22)14-25(13-11-19(23)21(26)27)12-5-4-7-18-10-9-16-6-2-3-8-20(16)24-18;11-10-7-12-9(6-13-10)8-4-2-1-3-5-8/h2-4,9-10,14-15,20-21,26-27H,5-8,11-13,16-19,22-23H2,1H3,(H,38,39);2-4,9-10,14-15,19-20,25,28H,5-8,11-13,16-18,21-22H2,1H3,(H,34,36)(H,38,39);9-10,17,19H,2-8,11-15,23H2,1H3,(H,26,27);1-7H/t26-,27+;25-,28-;17-,19-;/m100./s1. The number of fused-ring (bicyclic) bond motifs is 3. The molecule has 3 aromatic carbocycles. The van der Waals surface area contributed by atoms with Crippen molar-refractivity contribution in [2.24, 2.45) is 11.7 Å². The van der Waals surface area contributed by atoms with Crippen molar-refractivity contribution in [2.75, 3.05) is 105 Å². The molecule has 0 saturated heterocycles. The number of nitrogens with one attached hydrogen (secondary N) is 1. The molecule has 6 N–H and O–H groups in total. The highest BCUT2D eigenvalue weighted by Gasteiger charge is 2.26. The van der Waals surface area contributed by atoms with Crippen molar-refractivity contribution in [3.05, 3.63) is 226 Å². The minimum absolute atomic E-state index is 0.0134. The van der Waals surface area contributed by atoms with Gasteiger partial charge >= 0.3 is 17.9 Å². The fourth-order valence-electron chi connectivity index (χ4n) is 15.2. The van der Waals surface area contributed by atoms with E-state index in [1.807, 2.05) is 106 Å². The number of aryl methyl sites for hydroxylation is 9. The van der Waals surface area contributed by atoms with Crippen LogP contribution in [-0.4, -0.2) is 223 Å². The van der Waals surface area contributed by atoms with Crippen LogP contribution in [0, 0.1) is 5.92 Å². The fourth-order valence-corrected chi connectivity index (χ4v) is 15.3. The number of unbranched alkanes of at least 4 members (excludes halogenated alkanes) is 3. The van der Waals surface area contributed by atoms with Crippen molar-refractivity contribution in [1.82, 2.24) is 59.6 Å². The summed E-state index contributed by atoms with van der Waals surface area (Å²) in [5.41, 5.74) is 22.8. The molecule has 27 heteroatoms. The van der Waals surface area contributed by atoms with Crippen LogP contribution in [0.2, 0.25) is 5.15 Å². The van der Waals surface area contributed by atoms with Gasteiger partial charge in [-0.25, -0.2) is 27.9 Å². The number of hydrogen-bond acceptors (Lipinski definition) is 20. The first-order chi connectivity index (χ1) is 58.9. The van der Waals surface area contributed by atoms with Crippen molar-refractivity contribution < 1.29 is 57.1 Å². The molecule has 6 heterocycles. The number of rotatable bonds is 46. The summed E-state index contributed by atoms with van der Waals surface area (Å²) in [6.45, 7) is 4.22. The minimum atomic E-state index is -1.14. The molecule has 0 amide bonds. The van der Waals surface area contributed by atoms with Gasteiger partial charge in [0.1, 0.15) is 41.6 Å². The molecule has 12 rings (SSSR count). The molecule has 121 heavy (non-hydrogen) atoms. The Hall–Kier alpha value is -9.64. The molecule has 3 aliphatic carbocycles. The van der Waals surface area contributed by atoms with Gasteiger partial charge in [-0.3, -0.25) is 44.5 Å². The Balaban J connectivity index is 0.000000194. The Morgan fingerprint density at radius 3 is 1.16 bits per heavy atom. The predicted octanol–water partition coefficient (Wildman–Crippen LogP) is 15.5. The highest BCUT2D eigenvalue weighted by Crippen LogP contribution is 2.26. The Bertz CT molecular complexity index is 4280. The van der Waals surface area contributed by atoms with Crippen LogP contribution in [0.25, 0.3) is 33.8 Å². The van der Waals surface area contributed by atoms with Gasteiger partial charge in [0.25, 0.3) is 0 Å². The first kappa shape index (κ1) is 95.2. The van der Waals surface area contributed by atoms with Gasteiger partial charge in [-0.1, -0.05) is 121 Å². The van der Waals surface area contributed by atoms with Gasteiger partial charge in [0, 0.05) is 118 Å². The summed E-state index contributed by atoms with van der Waals surface area (Å²) in [6, 6.07) is 40.6. The third kappa shape index (κ3) is 34.7. The molecule has 3 aliphatic rings. The maximum absolute atomic E-state index is 14.5. The third-order valence-electron chi connectivity index (χ3n) is 21.8. The zero-order valence-electron chi connectivity index (χ0n) is 70.5. The topological polar surface area (TPSA) is 303 Å². The normalized spacial score (nSPS) is 14.4. The molecule has 0 radical (unpaired) electrons. The maximum Gasteiger partial charge on any atom is 0.326 e. The molecule has 0 unspecified atom stereocenters. The number of nitrogens with two attached hydrogens (primary N) is 1. The number of anilines is 1. The number of ether oxygens (including phenoxy) is 3. The first-order valence-electron chi connectivity index (χ1n) is 42.8. The second kappa shape index (κ2) is 53.3. The molecule has 0 fully saturated rings. The lowest BCUT2D eigenvalue weighted by Crippen LogP contribution is -2.39. The minimum Gasteiger partial charge on any atom is -0.481 e. The molecule has 0 saturated carbocycles. The zero-order chi connectivity index (χ0) is 85.8. The average molecular weight is 1680 g/mol. The number of carboxylic acid groups (broad SMARTS) is 3. The van der Waals surface area contributed by atoms with E-state index in [4.69, 9.17) is 51.6 Å². The van der Waals surface area contributed by atoms with Crippen molar-refractivity contribution in [3.63, 3.8) is 0 Å². The summed E-state index contributed by atoms with van der Waals surface area (Å²) in [6.07, 6.45) is 29.9. The molecule has 0 aliphatic heterocycles. The summed E-state index contributed by atoms with van der Waals surface area (Å²) in [7, 11) is 4.45. The van der Waals surface area contributed by atoms with E-state index in [1.165, 1.54) is 93.6 Å². The van der Waals surface area contributed by atoms with E-state index in [-0.39, 0.29) is 45.9 Å². The van der Waals surface area contributed by atoms with Gasteiger partial charge in [-0.15, -0.1) is 0 Å². The number of nitrogens with zero attached hydrogens (tertiary/aromatic N) is 12. The number of carboxylic acids is 3. The highest BCUT2D eigenvalue weighted by molar-refractivity contribution is 6.29. The molecule has 0 spiro atoms. The predicted molar refractivity (Wildman–Crippen MR) is 468 cm³/mol. The van der Waals surface area contributed by atoms with Crippen molar-refractivity contribution in [2.45, 2.75) is 191 Å². The molecule has 9 aromatic rings. The summed E-state index contributed by atoms with van der Waals surface area (Å²) in [5.74, 6) is -3.12. The largest absolute Gasteiger partial charge is 0.481 e. The van der Waals surface area contributed by atoms with E-state index in [0.717, 1.165) is 141 Å². The highest BCUT2D eigenvalue weighted by atomic mass is 35.5. The molecule has 0 bridgehead atoms. The fraction of sp³-hybridized carbons (Fsp3) is 0.489. The lowest BCUT2D eigenvalue weighted by Gasteiger charge is -2.26. The molecule has 23 nitrogen and oxygen atoms in total. The Morgan fingerprint density at radius 2 is 0.802 bits per heavy atom. The quantitative estimate of drug-likeness (QED) is 0.0221. The maximum atomic E-state index is 14.5. The van der Waals surface area contributed by atoms with Crippen molar-refractivity contribution in [1.29, 1.82) is 0 Å². The summed E-state index contributed by atoms with van der Waals surface area (Å²) in [5, 5.41) is 32.1. The van der Waals surface area contributed by atoms with Crippen molar-refractivity contribution >= 4 is 35.3 Å². The Labute approximate surface area is 716 Å². The second-order valence-corrected chi connectivity index (χ2v) is 31.8. The smallest absolute Gasteiger partial charge is 0.326 e. The summed E-state index contributed by atoms with van der Waals surface area (Å²) >= 11 is 5.63. The van der Waals surface area contributed by atoms with Crippen LogP contribution < -0.4 is 11.1 Å². The van der Waals surface area contributed by atoms with E-state index in [0.29, 0.717) is 80.9 Å². The zero-order valence-corrected chi connectivity index (χ0v) is 71.2. The number of hydrogen-bond donors (Lipinski definition) is 5. The van der Waals surface area contributed by atoms with E-state index < -0.39 is 54.4 Å². The van der Waals surface area contributed by atoms with Gasteiger partial charge in [0.15, 0.2) is 0 Å². The molecule has 650 valence electrons. The number of pyridine rings is 3. The summed E-state index contributed by atoms with van der Waals surface area (Å²) in [4.78, 5) is 81.4. The Morgan fingerprint density at radius 1 is 0.421 bits per heavy atom. The van der Waals surface area contributed by atoms with E-state index in [9.17, 15) is 37.8 Å². The van der Waals surface area contributed by atoms with Gasteiger partial charge in [-0.2, -0.15) is 0 Å². The molecule has 6 atom stereocenters. The van der Waals surface area contributed by atoms with E-state index in [1.54, 1.807) is 37.2 Å². The molecule has 6 aromatic heterocycles. The van der Waals surface area contributed by atoms with Crippen LogP contribution in [0.3, 0.4) is 0 Å². The van der Waals surface area contributed by atoms with Crippen LogP contribution in [0.4, 0.5) is 19.0 Å². The number of aromatic nitrogens is 9. The third-order valence-corrected chi connectivity index (χ3v) is 22.0. The van der Waals surface area contributed by atoms with E-state index in [2.05, 4.69) is 71.6 Å². The average Bonchev–Trinajstić information content (AvgIpc) is 0.836. The van der Waals surface area contributed by atoms with Crippen LogP contribution >= 0.6 is 11.6 Å². The van der Waals surface area contributed by atoms with Gasteiger partial charge in [-0.05, 0) is 215 Å². The number of methoxy groups -OCH3 is 3. The number of halogens is 4. The number of benzene rings is 3. The van der Waals surface area contributed by atoms with Crippen LogP contribution in [-0.2, 0) is 92.8 Å². The first-order valence-corrected chi connectivity index (χ1v) is 43.2. The monoisotopic (exact) mass is 1680 g/mol. The van der Waals surface area contributed by atoms with Gasteiger partial charge in [0.2, 0.25) is 0 Å². The van der Waals surface area contributed by atoms with Crippen LogP contribution in [0.5, 0.6) is 0 Å². The molecular weight excluding hydrogens is 1560 g/mol. The lowest BCUT2D eigenvalue weighted by atomic mass is 9.95. The number of alkyl halides is 3. The number of aliphatic carboxylic acids is 3. The van der Waals surface area contributed by atoms with Crippen LogP contribution in [0.15, 0.2) is 165 Å². The van der Waals surface area contributed by atoms with Crippen molar-refractivity contribution in [3.8, 4) is 33.8 Å². The second-order valence-electron chi connectivity index (χ2n) is 31.4. The van der Waals surface area contributed by atoms with E-state index >= 15 is 0 Å². The lowest BCUT2D eigenvalue weighted by molar-refractivity contribution is -0.142. The van der Waals surface area contributed by atoms with Crippen LogP contribution in [0.1, 0.15) is 153 Å². The number of carbonyl (C=O) groups is 3. The summed E-state index contributed by atoms with van der Waals surface area (Å²) < 4.78 is 57.8.